The Morgan fingerprint density at radius 3 is 2.81 bits per heavy atom. The quantitative estimate of drug-likeness (QED) is 0.822. The van der Waals surface area contributed by atoms with Crippen molar-refractivity contribution < 1.29 is 9.90 Å². The third-order valence-corrected chi connectivity index (χ3v) is 4.48. The molecule has 1 amide bonds. The van der Waals surface area contributed by atoms with Crippen molar-refractivity contribution in [3.05, 3.63) is 35.6 Å². The van der Waals surface area contributed by atoms with Gasteiger partial charge in [-0.3, -0.25) is 4.79 Å². The summed E-state index contributed by atoms with van der Waals surface area (Å²) in [6.45, 7) is 4.03. The molecule has 0 unspecified atom stereocenters. The first-order valence-corrected chi connectivity index (χ1v) is 8.00. The van der Waals surface area contributed by atoms with Gasteiger partial charge in [-0.1, -0.05) is 20.3 Å². The van der Waals surface area contributed by atoms with E-state index in [1.54, 1.807) is 0 Å². The molecule has 2 atom stereocenters. The third kappa shape index (κ3) is 4.15. The lowest BCUT2D eigenvalue weighted by atomic mass is 10.00. The molecule has 2 aromatic rings. The third-order valence-electron chi connectivity index (χ3n) is 3.58. The van der Waals surface area contributed by atoms with Crippen LogP contribution in [0.15, 0.2) is 29.9 Å². The Labute approximate surface area is 128 Å². The average molecular weight is 307 g/mol. The van der Waals surface area contributed by atoms with Crippen LogP contribution in [0, 0.1) is 5.92 Å². The van der Waals surface area contributed by atoms with Gasteiger partial charge in [0.15, 0.2) is 5.13 Å². The van der Waals surface area contributed by atoms with Crippen molar-refractivity contribution in [3.63, 3.8) is 0 Å². The van der Waals surface area contributed by atoms with E-state index in [4.69, 9.17) is 0 Å². The highest BCUT2D eigenvalue weighted by atomic mass is 32.1. The average Bonchev–Trinajstić information content (AvgIpc) is 3.14. The number of rotatable bonds is 7. The fraction of sp³-hybridized carbons (Fsp3) is 0.467. The van der Waals surface area contributed by atoms with E-state index in [2.05, 4.69) is 10.3 Å². The Morgan fingerprint density at radius 2 is 2.19 bits per heavy atom. The molecule has 5 nitrogen and oxygen atoms in total. The van der Waals surface area contributed by atoms with Crippen molar-refractivity contribution in [2.24, 2.45) is 5.92 Å². The minimum Gasteiger partial charge on any atom is -0.394 e. The Kier molecular flexibility index (Phi) is 5.52. The zero-order valence-corrected chi connectivity index (χ0v) is 13.1. The lowest BCUT2D eigenvalue weighted by molar-refractivity contribution is -0.121. The Balaban J connectivity index is 1.94. The van der Waals surface area contributed by atoms with Crippen molar-refractivity contribution in [2.45, 2.75) is 32.7 Å². The normalized spacial score (nSPS) is 13.9. The second-order valence-corrected chi connectivity index (χ2v) is 5.97. The van der Waals surface area contributed by atoms with Crippen LogP contribution < -0.4 is 5.32 Å². The monoisotopic (exact) mass is 307 g/mol. The zero-order valence-electron chi connectivity index (χ0n) is 12.3. The topological polar surface area (TPSA) is 67.2 Å². The minimum atomic E-state index is -0.190. The van der Waals surface area contributed by atoms with Crippen LogP contribution in [0.1, 0.15) is 26.0 Å². The number of aliphatic hydroxyl groups is 1. The molecule has 2 heterocycles. The molecule has 2 rings (SSSR count). The summed E-state index contributed by atoms with van der Waals surface area (Å²) in [5, 5.41) is 15.0. The van der Waals surface area contributed by atoms with Crippen molar-refractivity contribution in [1.29, 1.82) is 0 Å². The number of thiazole rings is 1. The SMILES string of the molecule is CC[C@H](C)[C@H](CO)NC(=O)Cc1csc(-n2cccc2)n1. The molecular weight excluding hydrogens is 286 g/mol. The minimum absolute atomic E-state index is 0.0353. The van der Waals surface area contributed by atoms with Crippen molar-refractivity contribution >= 4 is 17.2 Å². The van der Waals surface area contributed by atoms with Crippen LogP contribution in [0.2, 0.25) is 0 Å². The van der Waals surface area contributed by atoms with Gasteiger partial charge in [-0.15, -0.1) is 11.3 Å². The van der Waals surface area contributed by atoms with Crippen LogP contribution in [0.5, 0.6) is 0 Å². The number of aromatic nitrogens is 2. The van der Waals surface area contributed by atoms with Crippen molar-refractivity contribution in [2.75, 3.05) is 6.61 Å². The summed E-state index contributed by atoms with van der Waals surface area (Å²) < 4.78 is 1.92. The Hall–Kier alpha value is -1.66. The Morgan fingerprint density at radius 1 is 1.48 bits per heavy atom. The molecule has 114 valence electrons. The van der Waals surface area contributed by atoms with E-state index in [-0.39, 0.29) is 30.9 Å². The van der Waals surface area contributed by atoms with Gasteiger partial charge in [0.05, 0.1) is 24.8 Å². The molecule has 0 aliphatic rings. The number of nitrogens with zero attached hydrogens (tertiary/aromatic N) is 2. The van der Waals surface area contributed by atoms with Gasteiger partial charge < -0.3 is 15.0 Å². The number of aliphatic hydroxyl groups excluding tert-OH is 1. The highest BCUT2D eigenvalue weighted by molar-refractivity contribution is 7.12. The molecule has 0 aliphatic heterocycles. The molecule has 2 N–H and O–H groups in total. The van der Waals surface area contributed by atoms with Gasteiger partial charge in [-0.05, 0) is 18.1 Å². The van der Waals surface area contributed by atoms with E-state index in [0.29, 0.717) is 0 Å². The fourth-order valence-electron chi connectivity index (χ4n) is 2.03. The van der Waals surface area contributed by atoms with Gasteiger partial charge in [0, 0.05) is 17.8 Å². The number of carbonyl (C=O) groups excluding carboxylic acids is 1. The van der Waals surface area contributed by atoms with Crippen LogP contribution in [-0.2, 0) is 11.2 Å². The number of nitrogens with one attached hydrogen (secondary N) is 1. The van der Waals surface area contributed by atoms with Crippen LogP contribution >= 0.6 is 11.3 Å². The summed E-state index contributed by atoms with van der Waals surface area (Å²) in [4.78, 5) is 16.5. The van der Waals surface area contributed by atoms with Gasteiger partial charge in [-0.25, -0.2) is 4.98 Å². The Bertz CT molecular complexity index is 565. The maximum atomic E-state index is 12.0. The zero-order chi connectivity index (χ0) is 15.2. The number of hydrogen-bond acceptors (Lipinski definition) is 4. The van der Waals surface area contributed by atoms with Crippen molar-refractivity contribution in [3.8, 4) is 5.13 Å². The molecule has 0 saturated carbocycles. The molecule has 0 radical (unpaired) electrons. The molecule has 0 bridgehead atoms. The van der Waals surface area contributed by atoms with Gasteiger partial charge in [-0.2, -0.15) is 0 Å². The maximum Gasteiger partial charge on any atom is 0.226 e. The second kappa shape index (κ2) is 7.38. The summed E-state index contributed by atoms with van der Waals surface area (Å²) in [7, 11) is 0. The van der Waals surface area contributed by atoms with Crippen LogP contribution in [-0.4, -0.2) is 33.2 Å². The molecular formula is C15H21N3O2S. The summed E-state index contributed by atoms with van der Waals surface area (Å²) in [6.07, 6.45) is 5.01. The first-order valence-electron chi connectivity index (χ1n) is 7.12. The molecule has 0 spiro atoms. The first-order chi connectivity index (χ1) is 10.1. The van der Waals surface area contributed by atoms with E-state index in [1.165, 1.54) is 11.3 Å². The van der Waals surface area contributed by atoms with Gasteiger partial charge in [0.2, 0.25) is 5.91 Å². The van der Waals surface area contributed by atoms with E-state index < -0.39 is 0 Å². The van der Waals surface area contributed by atoms with Crippen LogP contribution in [0.25, 0.3) is 5.13 Å². The fourth-order valence-corrected chi connectivity index (χ4v) is 2.82. The van der Waals surface area contributed by atoms with Gasteiger partial charge in [0.1, 0.15) is 0 Å². The second-order valence-electron chi connectivity index (χ2n) is 5.13. The highest BCUT2D eigenvalue weighted by Gasteiger charge is 2.18. The molecule has 21 heavy (non-hydrogen) atoms. The standard InChI is InChI=1S/C15H21N3O2S/c1-3-11(2)13(9-19)17-14(20)8-12-10-21-15(16-12)18-6-4-5-7-18/h4-7,10-11,13,19H,3,8-9H2,1-2H3,(H,17,20)/t11-,13-/m0/s1. The maximum absolute atomic E-state index is 12.0. The van der Waals surface area contributed by atoms with E-state index in [0.717, 1.165) is 17.2 Å². The lowest BCUT2D eigenvalue weighted by Gasteiger charge is -2.21. The first kappa shape index (κ1) is 15.7. The smallest absolute Gasteiger partial charge is 0.226 e. The lowest BCUT2D eigenvalue weighted by Crippen LogP contribution is -2.42. The molecule has 6 heteroatoms. The summed E-state index contributed by atoms with van der Waals surface area (Å²) in [5.41, 5.74) is 0.752. The van der Waals surface area contributed by atoms with Crippen LogP contribution in [0.3, 0.4) is 0 Å². The molecule has 0 saturated heterocycles. The molecule has 0 fully saturated rings. The van der Waals surface area contributed by atoms with E-state index in [1.807, 2.05) is 48.3 Å². The number of amides is 1. The summed E-state index contributed by atoms with van der Waals surface area (Å²) in [5.74, 6) is 0.156. The molecule has 0 aromatic carbocycles. The predicted octanol–water partition coefficient (Wildman–Crippen LogP) is 2.00. The molecule has 2 aromatic heterocycles. The van der Waals surface area contributed by atoms with Gasteiger partial charge in [0.25, 0.3) is 0 Å². The number of carbonyl (C=O) groups is 1. The van der Waals surface area contributed by atoms with E-state index in [9.17, 15) is 9.90 Å². The summed E-state index contributed by atoms with van der Waals surface area (Å²) in [6, 6.07) is 3.68. The molecule has 0 aliphatic carbocycles. The van der Waals surface area contributed by atoms with Gasteiger partial charge >= 0.3 is 0 Å². The highest BCUT2D eigenvalue weighted by Crippen LogP contribution is 2.15. The summed E-state index contributed by atoms with van der Waals surface area (Å²) >= 11 is 1.51. The van der Waals surface area contributed by atoms with E-state index >= 15 is 0 Å². The van der Waals surface area contributed by atoms with Crippen LogP contribution in [0.4, 0.5) is 0 Å². The predicted molar refractivity (Wildman–Crippen MR) is 83.6 cm³/mol. The van der Waals surface area contributed by atoms with Crippen molar-refractivity contribution in [1.82, 2.24) is 14.9 Å². The largest absolute Gasteiger partial charge is 0.394 e. The number of hydrogen-bond donors (Lipinski definition) is 2.